The van der Waals surface area contributed by atoms with Gasteiger partial charge >= 0.3 is 11.8 Å². The van der Waals surface area contributed by atoms with Crippen LogP contribution in [0.5, 0.6) is 0 Å². The highest BCUT2D eigenvalue weighted by atomic mass is 16.2. The second-order valence-corrected chi connectivity index (χ2v) is 4.88. The van der Waals surface area contributed by atoms with Crippen LogP contribution >= 0.6 is 0 Å². The van der Waals surface area contributed by atoms with Crippen LogP contribution in [-0.4, -0.2) is 24.9 Å². The van der Waals surface area contributed by atoms with E-state index < -0.39 is 11.8 Å². The van der Waals surface area contributed by atoms with Gasteiger partial charge in [0.15, 0.2) is 0 Å². The lowest BCUT2D eigenvalue weighted by Gasteiger charge is -2.08. The van der Waals surface area contributed by atoms with Crippen LogP contribution in [-0.2, 0) is 9.59 Å². The average Bonchev–Trinajstić information content (AvgIpc) is 2.16. The predicted octanol–water partition coefficient (Wildman–Crippen LogP) is 1.31. The molecular formula is C12H24N2O2. The fourth-order valence-electron chi connectivity index (χ4n) is 1.11. The van der Waals surface area contributed by atoms with Crippen molar-refractivity contribution in [3.05, 3.63) is 0 Å². The minimum absolute atomic E-state index is 0.524. The Kier molecular flexibility index (Phi) is 7.60. The third kappa shape index (κ3) is 8.26. The summed E-state index contributed by atoms with van der Waals surface area (Å²) >= 11 is 0. The highest BCUT2D eigenvalue weighted by Gasteiger charge is 2.11. The van der Waals surface area contributed by atoms with Crippen LogP contribution < -0.4 is 10.6 Å². The van der Waals surface area contributed by atoms with Crippen LogP contribution in [0.15, 0.2) is 0 Å². The van der Waals surface area contributed by atoms with Crippen LogP contribution in [0.2, 0.25) is 0 Å². The van der Waals surface area contributed by atoms with E-state index in [4.69, 9.17) is 0 Å². The molecule has 4 heteroatoms. The van der Waals surface area contributed by atoms with Gasteiger partial charge in [-0.05, 0) is 24.7 Å². The molecule has 4 nitrogen and oxygen atoms in total. The Hall–Kier alpha value is -1.06. The van der Waals surface area contributed by atoms with E-state index in [9.17, 15) is 9.59 Å². The molecule has 0 aromatic carbocycles. The Morgan fingerprint density at radius 3 is 1.38 bits per heavy atom. The number of nitrogens with one attached hydrogen (secondary N) is 2. The number of hydrogen-bond donors (Lipinski definition) is 2. The second-order valence-electron chi connectivity index (χ2n) is 4.88. The Morgan fingerprint density at radius 2 is 1.12 bits per heavy atom. The van der Waals surface area contributed by atoms with Gasteiger partial charge in [-0.25, -0.2) is 0 Å². The third-order valence-electron chi connectivity index (χ3n) is 2.22. The summed E-state index contributed by atoms with van der Waals surface area (Å²) in [6.07, 6.45) is 1.79. The van der Waals surface area contributed by atoms with Gasteiger partial charge in [0.2, 0.25) is 0 Å². The van der Waals surface area contributed by atoms with Gasteiger partial charge in [0.1, 0.15) is 0 Å². The summed E-state index contributed by atoms with van der Waals surface area (Å²) in [6, 6.07) is 0. The largest absolute Gasteiger partial charge is 0.348 e. The zero-order chi connectivity index (χ0) is 12.6. The molecule has 0 aliphatic heterocycles. The molecule has 0 saturated heterocycles. The Bertz CT molecular complexity index is 201. The molecule has 0 aromatic heterocycles. The van der Waals surface area contributed by atoms with Gasteiger partial charge in [0.05, 0.1) is 0 Å². The maximum absolute atomic E-state index is 11.3. The predicted molar refractivity (Wildman–Crippen MR) is 64.9 cm³/mol. The highest BCUT2D eigenvalue weighted by Crippen LogP contribution is 1.97. The van der Waals surface area contributed by atoms with Gasteiger partial charge < -0.3 is 10.6 Å². The molecule has 0 saturated carbocycles. The van der Waals surface area contributed by atoms with Crippen molar-refractivity contribution in [2.24, 2.45) is 11.8 Å². The summed E-state index contributed by atoms with van der Waals surface area (Å²) in [5, 5.41) is 5.20. The average molecular weight is 228 g/mol. The van der Waals surface area contributed by atoms with E-state index in [1.54, 1.807) is 0 Å². The number of hydrogen-bond acceptors (Lipinski definition) is 2. The van der Waals surface area contributed by atoms with E-state index in [0.29, 0.717) is 24.9 Å². The summed E-state index contributed by atoms with van der Waals surface area (Å²) in [7, 11) is 0. The first-order chi connectivity index (χ1) is 7.43. The van der Waals surface area contributed by atoms with Crippen molar-refractivity contribution >= 4 is 11.8 Å². The van der Waals surface area contributed by atoms with Gasteiger partial charge in [0.25, 0.3) is 0 Å². The van der Waals surface area contributed by atoms with Crippen molar-refractivity contribution in [3.63, 3.8) is 0 Å². The monoisotopic (exact) mass is 228 g/mol. The van der Waals surface area contributed by atoms with Crippen molar-refractivity contribution in [2.45, 2.75) is 40.5 Å². The minimum atomic E-state index is -0.524. The van der Waals surface area contributed by atoms with E-state index in [0.717, 1.165) is 12.8 Å². The summed E-state index contributed by atoms with van der Waals surface area (Å²) < 4.78 is 0. The van der Waals surface area contributed by atoms with Gasteiger partial charge in [0, 0.05) is 13.1 Å². The SMILES string of the molecule is CC(C)CCNC(=O)C(=O)NCCC(C)C. The number of carbonyl (C=O) groups is 2. The van der Waals surface area contributed by atoms with Crippen LogP contribution in [0.1, 0.15) is 40.5 Å². The van der Waals surface area contributed by atoms with Crippen LogP contribution in [0.3, 0.4) is 0 Å². The zero-order valence-electron chi connectivity index (χ0n) is 10.8. The smallest absolute Gasteiger partial charge is 0.309 e. The van der Waals surface area contributed by atoms with Crippen molar-refractivity contribution in [2.75, 3.05) is 13.1 Å². The molecule has 2 N–H and O–H groups in total. The first-order valence-corrected chi connectivity index (χ1v) is 5.99. The lowest BCUT2D eigenvalue weighted by Crippen LogP contribution is -2.41. The van der Waals surface area contributed by atoms with E-state index in [2.05, 4.69) is 38.3 Å². The molecule has 2 amide bonds. The lowest BCUT2D eigenvalue weighted by molar-refractivity contribution is -0.139. The van der Waals surface area contributed by atoms with E-state index in [1.807, 2.05) is 0 Å². The van der Waals surface area contributed by atoms with E-state index >= 15 is 0 Å². The van der Waals surface area contributed by atoms with E-state index in [1.165, 1.54) is 0 Å². The quantitative estimate of drug-likeness (QED) is 0.673. The molecule has 0 bridgehead atoms. The molecule has 0 heterocycles. The highest BCUT2D eigenvalue weighted by molar-refractivity contribution is 6.35. The molecule has 0 rings (SSSR count). The van der Waals surface area contributed by atoms with Crippen molar-refractivity contribution in [1.29, 1.82) is 0 Å². The van der Waals surface area contributed by atoms with Crippen LogP contribution in [0, 0.1) is 11.8 Å². The molecule has 16 heavy (non-hydrogen) atoms. The van der Waals surface area contributed by atoms with Gasteiger partial charge in [-0.3, -0.25) is 9.59 Å². The van der Waals surface area contributed by atoms with Crippen molar-refractivity contribution in [3.8, 4) is 0 Å². The number of carbonyl (C=O) groups excluding carboxylic acids is 2. The molecular weight excluding hydrogens is 204 g/mol. The lowest BCUT2D eigenvalue weighted by atomic mass is 10.1. The maximum Gasteiger partial charge on any atom is 0.309 e. The minimum Gasteiger partial charge on any atom is -0.348 e. The topological polar surface area (TPSA) is 58.2 Å². The van der Waals surface area contributed by atoms with Gasteiger partial charge in [-0.15, -0.1) is 0 Å². The van der Waals surface area contributed by atoms with Crippen molar-refractivity contribution in [1.82, 2.24) is 10.6 Å². The molecule has 0 radical (unpaired) electrons. The fraction of sp³-hybridized carbons (Fsp3) is 0.833. The van der Waals surface area contributed by atoms with E-state index in [-0.39, 0.29) is 0 Å². The zero-order valence-corrected chi connectivity index (χ0v) is 10.8. The number of rotatable bonds is 6. The molecule has 0 spiro atoms. The molecule has 0 aliphatic carbocycles. The Balaban J connectivity index is 3.62. The van der Waals surface area contributed by atoms with Gasteiger partial charge in [-0.2, -0.15) is 0 Å². The van der Waals surface area contributed by atoms with Crippen molar-refractivity contribution < 1.29 is 9.59 Å². The molecule has 0 unspecified atom stereocenters. The number of amides is 2. The molecule has 0 aliphatic rings. The summed E-state index contributed by atoms with van der Waals surface area (Å²) in [4.78, 5) is 22.6. The second kappa shape index (κ2) is 8.13. The maximum atomic E-state index is 11.3. The molecule has 0 fully saturated rings. The van der Waals surface area contributed by atoms with Gasteiger partial charge in [-0.1, -0.05) is 27.7 Å². The molecule has 0 atom stereocenters. The van der Waals surface area contributed by atoms with Crippen LogP contribution in [0.4, 0.5) is 0 Å². The standard InChI is InChI=1S/C12H24N2O2/c1-9(2)5-7-13-11(15)12(16)14-8-6-10(3)4/h9-10H,5-8H2,1-4H3,(H,13,15)(H,14,16). The molecule has 94 valence electrons. The molecule has 0 aromatic rings. The van der Waals surface area contributed by atoms with Crippen LogP contribution in [0.25, 0.3) is 0 Å². The first kappa shape index (κ1) is 14.9. The summed E-state index contributed by atoms with van der Waals surface area (Å²) in [5.41, 5.74) is 0. The summed E-state index contributed by atoms with van der Waals surface area (Å²) in [6.45, 7) is 9.44. The Labute approximate surface area is 98.2 Å². The normalized spacial score (nSPS) is 10.6. The fourth-order valence-corrected chi connectivity index (χ4v) is 1.11. The first-order valence-electron chi connectivity index (χ1n) is 5.99. The summed E-state index contributed by atoms with van der Waals surface area (Å²) in [5.74, 6) is 0.0161. The third-order valence-corrected chi connectivity index (χ3v) is 2.22. The Morgan fingerprint density at radius 1 is 0.812 bits per heavy atom.